The summed E-state index contributed by atoms with van der Waals surface area (Å²) in [6, 6.07) is 8.79. The van der Waals surface area contributed by atoms with E-state index < -0.39 is 12.6 Å². The fraction of sp³-hybridized carbons (Fsp3) is 0.286. The third-order valence-electron chi connectivity index (χ3n) is 5.03. The molecule has 0 atom stereocenters. The van der Waals surface area contributed by atoms with Gasteiger partial charge in [0.2, 0.25) is 0 Å². The highest BCUT2D eigenvalue weighted by atomic mass is 35.5. The third-order valence-corrected chi connectivity index (χ3v) is 5.59. The van der Waals surface area contributed by atoms with E-state index in [2.05, 4.69) is 11.2 Å². The molecule has 146 valence electrons. The van der Waals surface area contributed by atoms with Crippen LogP contribution < -0.4 is 9.47 Å². The highest BCUT2D eigenvalue weighted by molar-refractivity contribution is 6.37. The van der Waals surface area contributed by atoms with Gasteiger partial charge in [-0.25, -0.2) is 4.79 Å². The SMILES string of the molecule is O=C(O)COc1cc(Cl)c(Oc2ccc3[nH]cc(CC4CCC4)c3c2)c(Cl)c1. The van der Waals surface area contributed by atoms with Crippen LogP contribution in [0.15, 0.2) is 36.5 Å². The minimum atomic E-state index is -1.08. The van der Waals surface area contributed by atoms with Gasteiger partial charge in [0.05, 0.1) is 10.0 Å². The number of fused-ring (bicyclic) bond motifs is 1. The highest BCUT2D eigenvalue weighted by Crippen LogP contribution is 2.40. The Labute approximate surface area is 172 Å². The zero-order chi connectivity index (χ0) is 19.7. The molecule has 0 amide bonds. The molecule has 1 fully saturated rings. The van der Waals surface area contributed by atoms with E-state index in [9.17, 15) is 4.79 Å². The van der Waals surface area contributed by atoms with E-state index in [-0.39, 0.29) is 15.8 Å². The van der Waals surface area contributed by atoms with Gasteiger partial charge in [-0.15, -0.1) is 0 Å². The normalized spacial score (nSPS) is 14.1. The smallest absolute Gasteiger partial charge is 0.341 e. The highest BCUT2D eigenvalue weighted by Gasteiger charge is 2.20. The molecule has 1 aromatic heterocycles. The number of aromatic nitrogens is 1. The number of benzene rings is 2. The quantitative estimate of drug-likeness (QED) is 0.487. The minimum absolute atomic E-state index is 0.247. The lowest BCUT2D eigenvalue weighted by atomic mass is 9.81. The summed E-state index contributed by atoms with van der Waals surface area (Å²) in [4.78, 5) is 13.9. The summed E-state index contributed by atoms with van der Waals surface area (Å²) < 4.78 is 11.1. The number of carboxylic acid groups (broad SMARTS) is 1. The minimum Gasteiger partial charge on any atom is -0.482 e. The number of ether oxygens (including phenoxy) is 2. The zero-order valence-electron chi connectivity index (χ0n) is 15.0. The molecule has 1 aliphatic rings. The Morgan fingerprint density at radius 2 is 1.89 bits per heavy atom. The molecule has 7 heteroatoms. The Bertz CT molecular complexity index is 1000. The van der Waals surface area contributed by atoms with Crippen molar-refractivity contribution in [1.29, 1.82) is 0 Å². The summed E-state index contributed by atoms with van der Waals surface area (Å²) in [5.74, 6) is 0.899. The molecule has 0 radical (unpaired) electrons. The van der Waals surface area contributed by atoms with Crippen molar-refractivity contribution in [3.8, 4) is 17.2 Å². The zero-order valence-corrected chi connectivity index (χ0v) is 16.5. The van der Waals surface area contributed by atoms with Crippen molar-refractivity contribution >= 4 is 40.1 Å². The summed E-state index contributed by atoms with van der Waals surface area (Å²) in [6.07, 6.45) is 7.06. The van der Waals surface area contributed by atoms with Crippen LogP contribution in [0.2, 0.25) is 10.0 Å². The summed E-state index contributed by atoms with van der Waals surface area (Å²) in [6.45, 7) is -0.471. The first-order valence-corrected chi connectivity index (χ1v) is 9.86. The van der Waals surface area contributed by atoms with E-state index in [4.69, 9.17) is 37.8 Å². The molecule has 0 saturated heterocycles. The Balaban J connectivity index is 1.57. The van der Waals surface area contributed by atoms with Gasteiger partial charge in [-0.05, 0) is 36.1 Å². The average Bonchev–Trinajstić information content (AvgIpc) is 3.01. The first-order chi connectivity index (χ1) is 13.5. The fourth-order valence-corrected chi connectivity index (χ4v) is 3.92. The van der Waals surface area contributed by atoms with Crippen molar-refractivity contribution in [2.75, 3.05) is 6.61 Å². The molecule has 0 aliphatic heterocycles. The summed E-state index contributed by atoms with van der Waals surface area (Å²) >= 11 is 12.6. The largest absolute Gasteiger partial charge is 0.482 e. The lowest BCUT2D eigenvalue weighted by Gasteiger charge is -2.24. The Morgan fingerprint density at radius 3 is 2.54 bits per heavy atom. The maximum absolute atomic E-state index is 10.6. The van der Waals surface area contributed by atoms with Crippen molar-refractivity contribution in [3.05, 3.63) is 52.1 Å². The molecule has 1 heterocycles. The monoisotopic (exact) mass is 419 g/mol. The topological polar surface area (TPSA) is 71.6 Å². The lowest BCUT2D eigenvalue weighted by Crippen LogP contribution is -2.13. The Hall–Kier alpha value is -2.37. The van der Waals surface area contributed by atoms with Crippen LogP contribution in [0.3, 0.4) is 0 Å². The molecule has 2 N–H and O–H groups in total. The van der Waals surface area contributed by atoms with Gasteiger partial charge in [-0.1, -0.05) is 42.5 Å². The van der Waals surface area contributed by atoms with Gasteiger partial charge >= 0.3 is 5.97 Å². The molecular formula is C21H19Cl2NO4. The number of hydrogen-bond donors (Lipinski definition) is 2. The predicted octanol–water partition coefficient (Wildman–Crippen LogP) is 6.07. The maximum Gasteiger partial charge on any atom is 0.341 e. The van der Waals surface area contributed by atoms with Crippen molar-refractivity contribution in [2.24, 2.45) is 5.92 Å². The van der Waals surface area contributed by atoms with Crippen molar-refractivity contribution in [2.45, 2.75) is 25.7 Å². The van der Waals surface area contributed by atoms with Gasteiger partial charge in [0, 0.05) is 29.2 Å². The number of rotatable bonds is 7. The van der Waals surface area contributed by atoms with Crippen molar-refractivity contribution in [1.82, 2.24) is 4.98 Å². The molecule has 28 heavy (non-hydrogen) atoms. The van der Waals surface area contributed by atoms with Crippen LogP contribution in [-0.4, -0.2) is 22.7 Å². The van der Waals surface area contributed by atoms with Crippen LogP contribution >= 0.6 is 23.2 Å². The third kappa shape index (κ3) is 4.05. The summed E-state index contributed by atoms with van der Waals surface area (Å²) in [5.41, 5.74) is 2.36. The number of nitrogens with one attached hydrogen (secondary N) is 1. The maximum atomic E-state index is 10.6. The van der Waals surface area contributed by atoms with Crippen LogP contribution in [0.4, 0.5) is 0 Å². The van der Waals surface area contributed by atoms with Gasteiger partial charge < -0.3 is 19.6 Å². The fourth-order valence-electron chi connectivity index (χ4n) is 3.38. The molecule has 1 saturated carbocycles. The van der Waals surface area contributed by atoms with E-state index in [0.29, 0.717) is 11.5 Å². The average molecular weight is 420 g/mol. The first kappa shape index (κ1) is 19.0. The number of carboxylic acids is 1. The molecular weight excluding hydrogens is 401 g/mol. The second kappa shape index (κ2) is 7.94. The summed E-state index contributed by atoms with van der Waals surface area (Å²) in [5, 5.41) is 10.3. The van der Waals surface area contributed by atoms with Crippen molar-refractivity contribution in [3.63, 3.8) is 0 Å². The molecule has 0 spiro atoms. The Morgan fingerprint density at radius 1 is 1.14 bits per heavy atom. The van der Waals surface area contributed by atoms with E-state index in [1.54, 1.807) is 0 Å². The van der Waals surface area contributed by atoms with Crippen LogP contribution in [0.25, 0.3) is 10.9 Å². The molecule has 0 bridgehead atoms. The van der Waals surface area contributed by atoms with Gasteiger partial charge in [0.15, 0.2) is 12.4 Å². The van der Waals surface area contributed by atoms with Crippen LogP contribution in [0.1, 0.15) is 24.8 Å². The van der Waals surface area contributed by atoms with Gasteiger partial charge in [-0.2, -0.15) is 0 Å². The number of halogens is 2. The van der Waals surface area contributed by atoms with Crippen LogP contribution in [-0.2, 0) is 11.2 Å². The number of H-pyrrole nitrogens is 1. The van der Waals surface area contributed by atoms with Crippen LogP contribution in [0, 0.1) is 5.92 Å². The number of aliphatic carboxylic acids is 1. The summed E-state index contributed by atoms with van der Waals surface area (Å²) in [7, 11) is 0. The van der Waals surface area contributed by atoms with Crippen molar-refractivity contribution < 1.29 is 19.4 Å². The Kier molecular flexibility index (Phi) is 5.38. The van der Waals surface area contributed by atoms with Gasteiger partial charge in [-0.3, -0.25) is 0 Å². The molecule has 3 aromatic rings. The molecule has 4 rings (SSSR count). The molecule has 1 aliphatic carbocycles. The standard InChI is InChI=1S/C21H19Cl2NO4/c22-17-8-15(27-11-20(25)26)9-18(23)21(17)28-14-4-5-19-16(7-14)13(10-24-19)6-12-2-1-3-12/h4-5,7-10,12,24H,1-3,6,11H2,(H,25,26). The van der Waals surface area contributed by atoms with Crippen LogP contribution in [0.5, 0.6) is 17.2 Å². The second-order valence-electron chi connectivity index (χ2n) is 7.02. The van der Waals surface area contributed by atoms with E-state index in [1.165, 1.54) is 37.0 Å². The van der Waals surface area contributed by atoms with Gasteiger partial charge in [0.25, 0.3) is 0 Å². The first-order valence-electron chi connectivity index (χ1n) is 9.11. The molecule has 5 nitrogen and oxygen atoms in total. The molecule has 0 unspecified atom stereocenters. The van der Waals surface area contributed by atoms with E-state index in [0.717, 1.165) is 23.2 Å². The number of hydrogen-bond acceptors (Lipinski definition) is 3. The lowest BCUT2D eigenvalue weighted by molar-refractivity contribution is -0.139. The van der Waals surface area contributed by atoms with E-state index in [1.807, 2.05) is 18.2 Å². The van der Waals surface area contributed by atoms with Gasteiger partial charge in [0.1, 0.15) is 11.5 Å². The second-order valence-corrected chi connectivity index (χ2v) is 7.84. The number of carbonyl (C=O) groups is 1. The predicted molar refractivity (Wildman–Crippen MR) is 109 cm³/mol. The number of aromatic amines is 1. The van der Waals surface area contributed by atoms with E-state index >= 15 is 0 Å². The molecule has 2 aromatic carbocycles.